The van der Waals surface area contributed by atoms with Gasteiger partial charge in [0.2, 0.25) is 5.91 Å². The van der Waals surface area contributed by atoms with Crippen molar-refractivity contribution < 1.29 is 4.79 Å². The van der Waals surface area contributed by atoms with Gasteiger partial charge in [-0.15, -0.1) is 0 Å². The highest BCUT2D eigenvalue weighted by Crippen LogP contribution is 2.26. The molecule has 0 radical (unpaired) electrons. The number of amides is 1. The zero-order valence-corrected chi connectivity index (χ0v) is 13.6. The molecule has 1 N–H and O–H groups in total. The maximum atomic E-state index is 12.3. The zero-order valence-electron chi connectivity index (χ0n) is 13.6. The quantitative estimate of drug-likeness (QED) is 0.922. The summed E-state index contributed by atoms with van der Waals surface area (Å²) in [6.45, 7) is 4.89. The van der Waals surface area contributed by atoms with Crippen LogP contribution in [0.2, 0.25) is 0 Å². The third-order valence-electron chi connectivity index (χ3n) is 3.89. The summed E-state index contributed by atoms with van der Waals surface area (Å²) in [7, 11) is 0. The molecule has 1 aromatic carbocycles. The maximum absolute atomic E-state index is 12.3. The number of carbonyl (C=O) groups excluding carboxylic acids is 1. The number of benzene rings is 1. The van der Waals surface area contributed by atoms with E-state index >= 15 is 0 Å². The summed E-state index contributed by atoms with van der Waals surface area (Å²) < 4.78 is 0. The molecule has 0 spiro atoms. The van der Waals surface area contributed by atoms with Gasteiger partial charge in [0, 0.05) is 37.3 Å². The molecule has 1 aliphatic rings. The summed E-state index contributed by atoms with van der Waals surface area (Å²) in [5.74, 6) is 2.08. The van der Waals surface area contributed by atoms with Crippen LogP contribution in [0.4, 0.5) is 11.5 Å². The van der Waals surface area contributed by atoms with Crippen LogP contribution in [0.25, 0.3) is 0 Å². The van der Waals surface area contributed by atoms with Gasteiger partial charge in [0.1, 0.15) is 11.6 Å². The van der Waals surface area contributed by atoms with Crippen LogP contribution in [-0.4, -0.2) is 28.5 Å². The average Bonchev–Trinajstić information content (AvgIpc) is 2.88. The third kappa shape index (κ3) is 3.86. The lowest BCUT2D eigenvalue weighted by Gasteiger charge is -2.16. The van der Waals surface area contributed by atoms with Crippen LogP contribution in [0.1, 0.15) is 26.1 Å². The summed E-state index contributed by atoms with van der Waals surface area (Å²) in [6, 6.07) is 12.0. The molecule has 23 heavy (non-hydrogen) atoms. The Morgan fingerprint density at radius 2 is 2.04 bits per heavy atom. The number of nitrogens with zero attached hydrogens (tertiary/aromatic N) is 3. The molecule has 1 fully saturated rings. The predicted molar refractivity (Wildman–Crippen MR) is 91.4 cm³/mol. The van der Waals surface area contributed by atoms with Crippen molar-refractivity contribution in [1.82, 2.24) is 9.97 Å². The zero-order chi connectivity index (χ0) is 16.2. The largest absolute Gasteiger partial charge is 0.368 e. The number of para-hydroxylation sites is 1. The normalized spacial score (nSPS) is 17.8. The van der Waals surface area contributed by atoms with Gasteiger partial charge in [-0.25, -0.2) is 9.97 Å². The van der Waals surface area contributed by atoms with Gasteiger partial charge < -0.3 is 10.2 Å². The lowest BCUT2D eigenvalue weighted by atomic mass is 10.0. The second-order valence-electron chi connectivity index (χ2n) is 6.27. The van der Waals surface area contributed by atoms with Crippen LogP contribution >= 0.6 is 0 Å². The first kappa shape index (κ1) is 15.5. The standard InChI is InChI=1S/C18H22N4O/c1-13(2)20-16-8-9-19-17(21-16)10-14-11-18(23)22(12-14)15-6-4-3-5-7-15/h3-9,13-14H,10-12H2,1-2H3,(H,19,20,21)/t14-/m1/s1. The second kappa shape index (κ2) is 6.77. The summed E-state index contributed by atoms with van der Waals surface area (Å²) in [4.78, 5) is 23.0. The molecule has 1 atom stereocenters. The summed E-state index contributed by atoms with van der Waals surface area (Å²) in [5.41, 5.74) is 0.969. The molecule has 3 rings (SSSR count). The van der Waals surface area contributed by atoms with Crippen molar-refractivity contribution in [2.24, 2.45) is 5.92 Å². The fourth-order valence-corrected chi connectivity index (χ4v) is 2.91. The van der Waals surface area contributed by atoms with E-state index in [0.717, 1.165) is 30.3 Å². The summed E-state index contributed by atoms with van der Waals surface area (Å²) in [5, 5.41) is 3.28. The van der Waals surface area contributed by atoms with Gasteiger partial charge in [0.15, 0.2) is 0 Å². The number of aromatic nitrogens is 2. The Labute approximate surface area is 136 Å². The molecule has 0 aliphatic carbocycles. The minimum absolute atomic E-state index is 0.178. The Bertz CT molecular complexity index is 672. The highest BCUT2D eigenvalue weighted by molar-refractivity contribution is 5.95. The molecule has 2 heterocycles. The Morgan fingerprint density at radius 3 is 2.78 bits per heavy atom. The Hall–Kier alpha value is -2.43. The highest BCUT2D eigenvalue weighted by atomic mass is 16.2. The van der Waals surface area contributed by atoms with E-state index in [1.807, 2.05) is 41.3 Å². The minimum Gasteiger partial charge on any atom is -0.368 e. The number of nitrogens with one attached hydrogen (secondary N) is 1. The van der Waals surface area contributed by atoms with Gasteiger partial charge in [0.05, 0.1) is 0 Å². The third-order valence-corrected chi connectivity index (χ3v) is 3.89. The molecular formula is C18H22N4O. The molecule has 0 unspecified atom stereocenters. The van der Waals surface area contributed by atoms with E-state index in [2.05, 4.69) is 29.1 Å². The highest BCUT2D eigenvalue weighted by Gasteiger charge is 2.31. The van der Waals surface area contributed by atoms with Gasteiger partial charge in [-0.2, -0.15) is 0 Å². The van der Waals surface area contributed by atoms with Crippen molar-refractivity contribution in [2.45, 2.75) is 32.7 Å². The maximum Gasteiger partial charge on any atom is 0.227 e. The van der Waals surface area contributed by atoms with Crippen molar-refractivity contribution in [3.63, 3.8) is 0 Å². The van der Waals surface area contributed by atoms with Crippen molar-refractivity contribution >= 4 is 17.4 Å². The Kier molecular flexibility index (Phi) is 4.55. The number of anilines is 2. The lowest BCUT2D eigenvalue weighted by molar-refractivity contribution is -0.117. The molecule has 2 aromatic rings. The van der Waals surface area contributed by atoms with E-state index in [0.29, 0.717) is 12.5 Å². The van der Waals surface area contributed by atoms with E-state index in [-0.39, 0.29) is 11.8 Å². The van der Waals surface area contributed by atoms with Gasteiger partial charge in [-0.1, -0.05) is 18.2 Å². The van der Waals surface area contributed by atoms with E-state index in [9.17, 15) is 4.79 Å². The first-order valence-electron chi connectivity index (χ1n) is 8.05. The van der Waals surface area contributed by atoms with E-state index in [1.54, 1.807) is 6.20 Å². The Morgan fingerprint density at radius 1 is 1.26 bits per heavy atom. The van der Waals surface area contributed by atoms with Gasteiger partial charge >= 0.3 is 0 Å². The molecule has 5 heteroatoms. The minimum atomic E-state index is 0.178. The van der Waals surface area contributed by atoms with Crippen LogP contribution in [0.15, 0.2) is 42.6 Å². The van der Waals surface area contributed by atoms with Gasteiger partial charge in [-0.05, 0) is 38.0 Å². The average molecular weight is 310 g/mol. The molecule has 0 saturated carbocycles. The summed E-state index contributed by atoms with van der Waals surface area (Å²) in [6.07, 6.45) is 3.06. The topological polar surface area (TPSA) is 58.1 Å². The fourth-order valence-electron chi connectivity index (χ4n) is 2.91. The molecule has 5 nitrogen and oxygen atoms in total. The number of hydrogen-bond acceptors (Lipinski definition) is 4. The van der Waals surface area contributed by atoms with E-state index < -0.39 is 0 Å². The van der Waals surface area contributed by atoms with E-state index in [1.165, 1.54) is 0 Å². The first-order chi connectivity index (χ1) is 11.1. The van der Waals surface area contributed by atoms with Crippen LogP contribution in [0, 0.1) is 5.92 Å². The molecular weight excluding hydrogens is 288 g/mol. The van der Waals surface area contributed by atoms with Crippen molar-refractivity contribution in [3.05, 3.63) is 48.4 Å². The fraction of sp³-hybridized carbons (Fsp3) is 0.389. The molecule has 1 aromatic heterocycles. The number of carbonyl (C=O) groups is 1. The van der Waals surface area contributed by atoms with Gasteiger partial charge in [-0.3, -0.25) is 4.79 Å². The van der Waals surface area contributed by atoms with Crippen LogP contribution in [0.3, 0.4) is 0 Å². The first-order valence-corrected chi connectivity index (χ1v) is 8.05. The smallest absolute Gasteiger partial charge is 0.227 e. The van der Waals surface area contributed by atoms with E-state index in [4.69, 9.17) is 0 Å². The lowest BCUT2D eigenvalue weighted by Crippen LogP contribution is -2.24. The van der Waals surface area contributed by atoms with Gasteiger partial charge in [0.25, 0.3) is 0 Å². The van der Waals surface area contributed by atoms with Crippen LogP contribution < -0.4 is 10.2 Å². The Balaban J connectivity index is 1.67. The molecule has 1 amide bonds. The second-order valence-corrected chi connectivity index (χ2v) is 6.27. The van der Waals surface area contributed by atoms with Crippen LogP contribution in [-0.2, 0) is 11.2 Å². The van der Waals surface area contributed by atoms with Crippen molar-refractivity contribution in [3.8, 4) is 0 Å². The predicted octanol–water partition coefficient (Wildman–Crippen LogP) is 2.89. The summed E-state index contributed by atoms with van der Waals surface area (Å²) >= 11 is 0. The molecule has 0 bridgehead atoms. The molecule has 120 valence electrons. The SMILES string of the molecule is CC(C)Nc1ccnc(C[C@@H]2CC(=O)N(c3ccccc3)C2)n1. The molecule has 1 aliphatic heterocycles. The van der Waals surface area contributed by atoms with Crippen molar-refractivity contribution in [2.75, 3.05) is 16.8 Å². The number of rotatable bonds is 5. The molecule has 1 saturated heterocycles. The van der Waals surface area contributed by atoms with Crippen LogP contribution in [0.5, 0.6) is 0 Å². The van der Waals surface area contributed by atoms with Crippen molar-refractivity contribution in [1.29, 1.82) is 0 Å². The number of hydrogen-bond donors (Lipinski definition) is 1. The monoisotopic (exact) mass is 310 g/mol.